The Morgan fingerprint density at radius 1 is 1.10 bits per heavy atom. The first-order valence-corrected chi connectivity index (χ1v) is 7.92. The van der Waals surface area contributed by atoms with E-state index in [1.807, 2.05) is 42.5 Å². The summed E-state index contributed by atoms with van der Waals surface area (Å²) in [5.41, 5.74) is 1.13. The SMILES string of the molecule is [75Br]c1ccccc1O[C@@H](c1ccccc1)[C@@H]1CNCCO1. The molecule has 2 aromatic rings. The van der Waals surface area contributed by atoms with Gasteiger partial charge in [-0.1, -0.05) is 42.5 Å². The van der Waals surface area contributed by atoms with Crippen LogP contribution in [0.15, 0.2) is 59.1 Å². The Kier molecular flexibility index (Phi) is 4.91. The third kappa shape index (κ3) is 3.64. The molecule has 1 heterocycles. The lowest BCUT2D eigenvalue weighted by Crippen LogP contribution is -2.43. The summed E-state index contributed by atoms with van der Waals surface area (Å²) in [5, 5.41) is 3.37. The maximum absolute atomic E-state index is 6.26. The summed E-state index contributed by atoms with van der Waals surface area (Å²) in [7, 11) is 0. The molecule has 0 radical (unpaired) electrons. The molecular formula is C17H18BrNO2. The number of ether oxygens (including phenoxy) is 2. The van der Waals surface area contributed by atoms with E-state index >= 15 is 0 Å². The van der Waals surface area contributed by atoms with Gasteiger partial charge < -0.3 is 14.8 Å². The van der Waals surface area contributed by atoms with E-state index in [0.29, 0.717) is 6.61 Å². The van der Waals surface area contributed by atoms with Crippen molar-refractivity contribution in [3.63, 3.8) is 0 Å². The monoisotopic (exact) mass is 343 g/mol. The first-order valence-electron chi connectivity index (χ1n) is 7.13. The minimum absolute atomic E-state index is 0.00764. The lowest BCUT2D eigenvalue weighted by atomic mass is 10.0. The summed E-state index contributed by atoms with van der Waals surface area (Å²) < 4.78 is 13.1. The molecule has 0 aromatic heterocycles. The fourth-order valence-electron chi connectivity index (χ4n) is 2.46. The van der Waals surface area contributed by atoms with E-state index in [0.717, 1.165) is 28.9 Å². The van der Waals surface area contributed by atoms with E-state index in [1.165, 1.54) is 0 Å². The number of para-hydroxylation sites is 1. The molecule has 0 aliphatic carbocycles. The Morgan fingerprint density at radius 2 is 1.86 bits per heavy atom. The number of hydrogen-bond acceptors (Lipinski definition) is 3. The third-order valence-corrected chi connectivity index (χ3v) is 4.17. The third-order valence-electron chi connectivity index (χ3n) is 3.51. The Balaban J connectivity index is 1.87. The Labute approximate surface area is 133 Å². The van der Waals surface area contributed by atoms with Crippen molar-refractivity contribution in [2.75, 3.05) is 19.7 Å². The normalized spacial score (nSPS) is 20.0. The van der Waals surface area contributed by atoms with Crippen LogP contribution in [0.5, 0.6) is 5.75 Å². The molecule has 0 spiro atoms. The quantitative estimate of drug-likeness (QED) is 0.921. The second-order valence-corrected chi connectivity index (χ2v) is 5.85. The predicted octanol–water partition coefficient (Wildman–Crippen LogP) is 3.56. The molecule has 2 atom stereocenters. The van der Waals surface area contributed by atoms with E-state index in [-0.39, 0.29) is 12.2 Å². The molecule has 1 fully saturated rings. The Bertz CT molecular complexity index is 570. The highest BCUT2D eigenvalue weighted by Gasteiger charge is 2.28. The molecule has 3 rings (SSSR count). The summed E-state index contributed by atoms with van der Waals surface area (Å²) in [5.74, 6) is 0.834. The van der Waals surface area contributed by atoms with Crippen LogP contribution >= 0.6 is 15.9 Å². The number of hydrogen-bond donors (Lipinski definition) is 1. The van der Waals surface area contributed by atoms with Crippen LogP contribution in [0.1, 0.15) is 11.7 Å². The van der Waals surface area contributed by atoms with Gasteiger partial charge in [-0.3, -0.25) is 0 Å². The molecule has 21 heavy (non-hydrogen) atoms. The second kappa shape index (κ2) is 7.07. The van der Waals surface area contributed by atoms with Crippen molar-refractivity contribution in [3.8, 4) is 5.75 Å². The van der Waals surface area contributed by atoms with Crippen molar-refractivity contribution < 1.29 is 9.47 Å². The zero-order valence-corrected chi connectivity index (χ0v) is 13.3. The highest BCUT2D eigenvalue weighted by atomic mass is 74.9. The van der Waals surface area contributed by atoms with Gasteiger partial charge in [-0.05, 0) is 33.6 Å². The summed E-state index contributed by atoms with van der Waals surface area (Å²) in [6.07, 6.45) is -0.119. The first-order chi connectivity index (χ1) is 10.3. The number of rotatable bonds is 4. The topological polar surface area (TPSA) is 30.5 Å². The maximum Gasteiger partial charge on any atom is 0.151 e. The van der Waals surface area contributed by atoms with Gasteiger partial charge in [-0.15, -0.1) is 0 Å². The molecule has 3 nitrogen and oxygen atoms in total. The molecule has 1 N–H and O–H groups in total. The van der Waals surface area contributed by atoms with Gasteiger partial charge in [0.05, 0.1) is 11.1 Å². The highest BCUT2D eigenvalue weighted by molar-refractivity contribution is 9.10. The van der Waals surface area contributed by atoms with E-state index < -0.39 is 0 Å². The molecule has 110 valence electrons. The van der Waals surface area contributed by atoms with Crippen LogP contribution in [-0.2, 0) is 4.74 Å². The minimum Gasteiger partial charge on any atom is -0.482 e. The van der Waals surface area contributed by atoms with Crippen molar-refractivity contribution in [1.29, 1.82) is 0 Å². The first kappa shape index (κ1) is 14.6. The summed E-state index contributed by atoms with van der Waals surface area (Å²) in [6.45, 7) is 2.41. The van der Waals surface area contributed by atoms with Gasteiger partial charge in [0.15, 0.2) is 6.10 Å². The van der Waals surface area contributed by atoms with Gasteiger partial charge in [0, 0.05) is 13.1 Å². The summed E-state index contributed by atoms with van der Waals surface area (Å²) in [6, 6.07) is 18.1. The Hall–Kier alpha value is -1.36. The smallest absolute Gasteiger partial charge is 0.151 e. The molecule has 4 heteroatoms. The molecule has 1 aliphatic heterocycles. The molecule has 1 saturated heterocycles. The fourth-order valence-corrected chi connectivity index (χ4v) is 2.84. The van der Waals surface area contributed by atoms with Gasteiger partial charge in [-0.2, -0.15) is 0 Å². The predicted molar refractivity (Wildman–Crippen MR) is 86.6 cm³/mol. The summed E-state index contributed by atoms with van der Waals surface area (Å²) in [4.78, 5) is 0. The molecular weight excluding hydrogens is 325 g/mol. The van der Waals surface area contributed by atoms with Gasteiger partial charge in [0.25, 0.3) is 0 Å². The summed E-state index contributed by atoms with van der Waals surface area (Å²) >= 11 is 3.54. The van der Waals surface area contributed by atoms with Crippen molar-refractivity contribution in [1.82, 2.24) is 5.32 Å². The van der Waals surface area contributed by atoms with Crippen LogP contribution in [-0.4, -0.2) is 25.8 Å². The van der Waals surface area contributed by atoms with Crippen LogP contribution in [0.2, 0.25) is 0 Å². The average Bonchev–Trinajstić information content (AvgIpc) is 2.56. The molecule has 0 bridgehead atoms. The fraction of sp³-hybridized carbons (Fsp3) is 0.294. The van der Waals surface area contributed by atoms with E-state index in [2.05, 4.69) is 33.4 Å². The lowest BCUT2D eigenvalue weighted by Gasteiger charge is -2.31. The standard InChI is InChI=1S/C17H18BrNO2/c18-14-8-4-5-9-15(14)21-17(13-6-2-1-3-7-13)16-12-19-10-11-20-16/h1-9,16-17,19H,10-12H2/t16-,17-/m0/s1/i18-5. The van der Waals surface area contributed by atoms with Gasteiger partial charge in [0.1, 0.15) is 11.9 Å². The van der Waals surface area contributed by atoms with Gasteiger partial charge in [0.2, 0.25) is 0 Å². The van der Waals surface area contributed by atoms with Crippen molar-refractivity contribution in [3.05, 3.63) is 64.6 Å². The van der Waals surface area contributed by atoms with Crippen LogP contribution < -0.4 is 10.1 Å². The lowest BCUT2D eigenvalue weighted by molar-refractivity contribution is -0.0434. The minimum atomic E-state index is -0.127. The van der Waals surface area contributed by atoms with Crippen molar-refractivity contribution in [2.45, 2.75) is 12.2 Å². The number of nitrogens with one attached hydrogen (secondary N) is 1. The molecule has 0 unspecified atom stereocenters. The largest absolute Gasteiger partial charge is 0.482 e. The molecule has 0 amide bonds. The van der Waals surface area contributed by atoms with E-state index in [4.69, 9.17) is 9.47 Å². The van der Waals surface area contributed by atoms with Crippen molar-refractivity contribution in [2.24, 2.45) is 0 Å². The van der Waals surface area contributed by atoms with Crippen LogP contribution in [0.4, 0.5) is 0 Å². The molecule has 1 aliphatic rings. The second-order valence-electron chi connectivity index (χ2n) is 4.99. The number of halogens is 1. The van der Waals surface area contributed by atoms with E-state index in [9.17, 15) is 0 Å². The van der Waals surface area contributed by atoms with E-state index in [1.54, 1.807) is 0 Å². The molecule has 2 aromatic carbocycles. The number of morpholine rings is 1. The van der Waals surface area contributed by atoms with Crippen molar-refractivity contribution >= 4 is 15.9 Å². The van der Waals surface area contributed by atoms with Crippen LogP contribution in [0, 0.1) is 0 Å². The maximum atomic E-state index is 6.26. The number of benzene rings is 2. The Morgan fingerprint density at radius 3 is 2.57 bits per heavy atom. The van der Waals surface area contributed by atoms with Gasteiger partial charge in [-0.25, -0.2) is 0 Å². The van der Waals surface area contributed by atoms with Crippen LogP contribution in [0.3, 0.4) is 0 Å². The zero-order valence-electron chi connectivity index (χ0n) is 11.7. The highest BCUT2D eigenvalue weighted by Crippen LogP contribution is 2.31. The average molecular weight is 343 g/mol. The van der Waals surface area contributed by atoms with Gasteiger partial charge >= 0.3 is 0 Å². The molecule has 0 saturated carbocycles. The zero-order chi connectivity index (χ0) is 14.5. The van der Waals surface area contributed by atoms with Crippen LogP contribution in [0.25, 0.3) is 0 Å².